The van der Waals surface area contributed by atoms with Crippen LogP contribution in [0.3, 0.4) is 0 Å². The van der Waals surface area contributed by atoms with Crippen molar-refractivity contribution in [2.24, 2.45) is 0 Å². The second-order valence-corrected chi connectivity index (χ2v) is 26.2. The van der Waals surface area contributed by atoms with Crippen LogP contribution < -0.4 is 0 Å². The molecule has 0 amide bonds. The Hall–Kier alpha value is -10.2. The number of furan rings is 2. The summed E-state index contributed by atoms with van der Waals surface area (Å²) in [7, 11) is 0. The van der Waals surface area contributed by atoms with Crippen molar-refractivity contribution in [3.63, 3.8) is 0 Å². The highest BCUT2D eigenvalue weighted by Crippen LogP contribution is 2.64. The summed E-state index contributed by atoms with van der Waals surface area (Å²) in [5.74, 6) is 0. The van der Waals surface area contributed by atoms with E-state index in [-0.39, 0.29) is 16.2 Å². The Kier molecular flexibility index (Phi) is 10.3. The van der Waals surface area contributed by atoms with E-state index in [2.05, 4.69) is 295 Å². The molecule has 0 saturated heterocycles. The number of fused-ring (bicyclic) bond motifs is 22. The van der Waals surface area contributed by atoms with Crippen molar-refractivity contribution in [3.8, 4) is 61.3 Å². The largest absolute Gasteiger partial charge is 0.455 e. The first-order chi connectivity index (χ1) is 42.4. The molecule has 12 aromatic carbocycles. The van der Waals surface area contributed by atoms with Gasteiger partial charge in [-0.2, -0.15) is 0 Å². The molecule has 0 unspecified atom stereocenters. The maximum Gasteiger partial charge on any atom is 0.144 e. The first-order valence-electron chi connectivity index (χ1n) is 30.8. The van der Waals surface area contributed by atoms with Crippen molar-refractivity contribution in [3.05, 3.63) is 293 Å². The maximum atomic E-state index is 7.13. The van der Waals surface area contributed by atoms with E-state index in [1.54, 1.807) is 0 Å². The van der Waals surface area contributed by atoms with Crippen molar-refractivity contribution >= 4 is 77.3 Å². The first-order valence-corrected chi connectivity index (χ1v) is 30.8. The van der Waals surface area contributed by atoms with Crippen LogP contribution in [0.4, 0.5) is 0 Å². The van der Waals surface area contributed by atoms with Crippen LogP contribution in [0.1, 0.15) is 91.6 Å². The Balaban J connectivity index is 0.795. The monoisotopic (exact) mass is 1120 g/mol. The van der Waals surface area contributed by atoms with Gasteiger partial charge in [-0.3, -0.25) is 0 Å². The molecule has 0 spiro atoms. The first kappa shape index (κ1) is 50.1. The van der Waals surface area contributed by atoms with E-state index < -0.39 is 0 Å². The van der Waals surface area contributed by atoms with E-state index in [1.165, 1.54) is 144 Å². The van der Waals surface area contributed by atoms with Gasteiger partial charge in [0.15, 0.2) is 0 Å². The number of hydrogen-bond donors (Lipinski definition) is 0. The van der Waals surface area contributed by atoms with Gasteiger partial charge in [0.2, 0.25) is 0 Å². The van der Waals surface area contributed by atoms with E-state index in [4.69, 9.17) is 8.83 Å². The molecule has 0 aliphatic heterocycles. The standard InChI is InChI=1S/C84H61NO2/c1-82(2)65-46-49(36-42-58(65)73-67(82)48-63(80-75(73)61-28-15-19-34-70(61)86-80)56-30-21-33-69-72(56)60-27-14-18-32-68(60)85(69)55-24-11-8-12-25-55)44-54(53-40-38-52(39-41-53)51-22-9-7-10-23-51)45-50-37-43-59-66(47-50)84(5,6)78-74(59)76-62-29-16-20-35-71(62)87-81(76)77-57-26-13-17-31-64(57)83(3,4)79(77)78/h7-44,46-48H,45H2,1-6H3/b54-44-. The van der Waals surface area contributed by atoms with Crippen LogP contribution >= 0.6 is 0 Å². The summed E-state index contributed by atoms with van der Waals surface area (Å²) in [4.78, 5) is 0. The molecule has 15 aromatic rings. The van der Waals surface area contributed by atoms with Crippen LogP contribution in [0.2, 0.25) is 0 Å². The molecule has 18 rings (SSSR count). The lowest BCUT2D eigenvalue weighted by Crippen LogP contribution is -2.24. The topological polar surface area (TPSA) is 31.2 Å². The Morgan fingerprint density at radius 2 is 0.943 bits per heavy atom. The molecule has 3 nitrogen and oxygen atoms in total. The van der Waals surface area contributed by atoms with Crippen LogP contribution in [0.5, 0.6) is 0 Å². The van der Waals surface area contributed by atoms with Gasteiger partial charge in [-0.1, -0.05) is 248 Å². The average molecular weight is 1120 g/mol. The van der Waals surface area contributed by atoms with Crippen molar-refractivity contribution in [1.82, 2.24) is 4.57 Å². The summed E-state index contributed by atoms with van der Waals surface area (Å²) in [5.41, 5.74) is 32.0. The minimum absolute atomic E-state index is 0.223. The van der Waals surface area contributed by atoms with Gasteiger partial charge >= 0.3 is 0 Å². The van der Waals surface area contributed by atoms with Gasteiger partial charge in [-0.05, 0) is 149 Å². The highest BCUT2D eigenvalue weighted by Gasteiger charge is 2.49. The minimum Gasteiger partial charge on any atom is -0.455 e. The van der Waals surface area contributed by atoms with E-state index in [9.17, 15) is 0 Å². The summed E-state index contributed by atoms with van der Waals surface area (Å²) in [6, 6.07) is 89.7. The lowest BCUT2D eigenvalue weighted by molar-refractivity contribution is 0.599. The number of aromatic nitrogens is 1. The molecule has 3 heteroatoms. The van der Waals surface area contributed by atoms with Crippen LogP contribution in [-0.4, -0.2) is 4.57 Å². The van der Waals surface area contributed by atoms with E-state index in [0.717, 1.165) is 45.4 Å². The lowest BCUT2D eigenvalue weighted by atomic mass is 9.72. The van der Waals surface area contributed by atoms with Crippen LogP contribution in [-0.2, 0) is 22.7 Å². The molecule has 87 heavy (non-hydrogen) atoms. The normalized spacial score (nSPS) is 14.9. The van der Waals surface area contributed by atoms with Crippen molar-refractivity contribution in [1.29, 1.82) is 0 Å². The predicted molar refractivity (Wildman–Crippen MR) is 363 cm³/mol. The highest BCUT2D eigenvalue weighted by molar-refractivity contribution is 6.24. The third-order valence-electron chi connectivity index (χ3n) is 20.4. The van der Waals surface area contributed by atoms with Crippen LogP contribution in [0.25, 0.3) is 139 Å². The van der Waals surface area contributed by atoms with Gasteiger partial charge < -0.3 is 13.4 Å². The fraction of sp³-hybridized carbons (Fsp3) is 0.119. The smallest absolute Gasteiger partial charge is 0.144 e. The molecular weight excluding hydrogens is 1050 g/mol. The van der Waals surface area contributed by atoms with Gasteiger partial charge in [-0.25, -0.2) is 0 Å². The number of rotatable bonds is 7. The van der Waals surface area contributed by atoms with E-state index >= 15 is 0 Å². The van der Waals surface area contributed by atoms with Crippen molar-refractivity contribution < 1.29 is 8.83 Å². The molecule has 0 radical (unpaired) electrons. The fourth-order valence-corrected chi connectivity index (χ4v) is 16.4. The maximum absolute atomic E-state index is 7.13. The summed E-state index contributed by atoms with van der Waals surface area (Å²) in [5, 5.41) is 7.17. The summed E-state index contributed by atoms with van der Waals surface area (Å²) in [6.45, 7) is 14.6. The minimum atomic E-state index is -0.346. The molecule has 414 valence electrons. The number of allylic oxidation sites excluding steroid dienone is 1. The number of benzene rings is 12. The number of hydrogen-bond acceptors (Lipinski definition) is 2. The molecule has 3 aromatic heterocycles. The van der Waals surface area contributed by atoms with Crippen LogP contribution in [0.15, 0.2) is 251 Å². The zero-order valence-electron chi connectivity index (χ0n) is 49.6. The predicted octanol–water partition coefficient (Wildman–Crippen LogP) is 22.6. The Labute approximate surface area is 506 Å². The van der Waals surface area contributed by atoms with Gasteiger partial charge in [0, 0.05) is 65.4 Å². The molecule has 0 N–H and O–H groups in total. The fourth-order valence-electron chi connectivity index (χ4n) is 16.4. The third-order valence-corrected chi connectivity index (χ3v) is 20.4. The highest BCUT2D eigenvalue weighted by atomic mass is 16.3. The molecule has 3 aliphatic carbocycles. The van der Waals surface area contributed by atoms with Crippen molar-refractivity contribution in [2.75, 3.05) is 0 Å². The van der Waals surface area contributed by atoms with Gasteiger partial charge in [0.05, 0.1) is 11.0 Å². The second kappa shape index (κ2) is 17.9. The Morgan fingerprint density at radius 1 is 0.379 bits per heavy atom. The number of para-hydroxylation sites is 4. The summed E-state index contributed by atoms with van der Waals surface area (Å²) < 4.78 is 16.6. The summed E-state index contributed by atoms with van der Waals surface area (Å²) in [6.07, 6.45) is 3.22. The molecule has 3 aliphatic rings. The molecule has 0 fully saturated rings. The van der Waals surface area contributed by atoms with Crippen molar-refractivity contribution in [2.45, 2.75) is 64.2 Å². The molecule has 0 atom stereocenters. The zero-order valence-corrected chi connectivity index (χ0v) is 49.6. The summed E-state index contributed by atoms with van der Waals surface area (Å²) >= 11 is 0. The molecular formula is C84H61NO2. The number of nitrogens with zero attached hydrogens (tertiary/aromatic N) is 1. The van der Waals surface area contributed by atoms with Gasteiger partial charge in [-0.15, -0.1) is 0 Å². The van der Waals surface area contributed by atoms with Crippen LogP contribution in [0, 0.1) is 0 Å². The molecule has 0 saturated carbocycles. The Bertz CT molecular complexity index is 5480. The SMILES string of the molecule is CC1(C)c2cc(/C=C(/Cc3ccc4c(c3)C(C)(C)c3c5c(c6oc7ccccc7c6c3-4)-c3ccccc3C5(C)C)c3ccc(-c4ccccc4)cc3)ccc2-c2c1cc(-c1cccc3c1c1ccccc1n3-c1ccccc1)c1oc3ccccc3c21. The molecule has 3 heterocycles. The van der Waals surface area contributed by atoms with E-state index in [1.807, 2.05) is 0 Å². The van der Waals surface area contributed by atoms with E-state index in [0.29, 0.717) is 0 Å². The average Bonchev–Trinajstić information content (AvgIpc) is 1.52. The second-order valence-electron chi connectivity index (χ2n) is 26.2. The van der Waals surface area contributed by atoms with Gasteiger partial charge in [0.25, 0.3) is 0 Å². The van der Waals surface area contributed by atoms with Gasteiger partial charge in [0.1, 0.15) is 22.3 Å². The third kappa shape index (κ3) is 6.94. The zero-order chi connectivity index (χ0) is 58.2. The quantitative estimate of drug-likeness (QED) is 0.149. The Morgan fingerprint density at radius 3 is 1.71 bits per heavy atom. The lowest BCUT2D eigenvalue weighted by Gasteiger charge is -2.31. The molecule has 0 bridgehead atoms.